The van der Waals surface area contributed by atoms with Gasteiger partial charge in [-0.25, -0.2) is 0 Å². The predicted octanol–water partition coefficient (Wildman–Crippen LogP) is 2.59. The van der Waals surface area contributed by atoms with Crippen LogP contribution in [0.1, 0.15) is 32.2 Å². The fourth-order valence-corrected chi connectivity index (χ4v) is 2.09. The van der Waals surface area contributed by atoms with Gasteiger partial charge in [0.15, 0.2) is 0 Å². The van der Waals surface area contributed by atoms with Crippen LogP contribution in [-0.2, 0) is 17.8 Å². The van der Waals surface area contributed by atoms with E-state index in [9.17, 15) is 4.79 Å². The molecule has 0 amide bonds. The molecule has 0 bridgehead atoms. The monoisotopic (exact) mass is 303 g/mol. The van der Waals surface area contributed by atoms with Crippen LogP contribution in [-0.4, -0.2) is 38.7 Å². The van der Waals surface area contributed by atoms with Crippen molar-refractivity contribution in [2.45, 2.75) is 39.8 Å². The Morgan fingerprint density at radius 1 is 1.32 bits per heavy atom. The minimum atomic E-state index is -0.872. The third-order valence-corrected chi connectivity index (χ3v) is 3.50. The van der Waals surface area contributed by atoms with Crippen LogP contribution in [0.3, 0.4) is 0 Å². The molecular weight excluding hydrogens is 282 g/mol. The van der Waals surface area contributed by atoms with E-state index in [1.54, 1.807) is 4.90 Å². The Labute approximate surface area is 129 Å². The lowest BCUT2D eigenvalue weighted by atomic mass is 10.1. The molecule has 0 fully saturated rings. The fourth-order valence-electron chi connectivity index (χ4n) is 2.09. The van der Waals surface area contributed by atoms with Crippen molar-refractivity contribution in [3.63, 3.8) is 0 Å². The summed E-state index contributed by atoms with van der Waals surface area (Å²) in [7, 11) is 0. The summed E-state index contributed by atoms with van der Waals surface area (Å²) in [4.78, 5) is 17.0. The highest BCUT2D eigenvalue weighted by Crippen LogP contribution is 2.17. The first-order chi connectivity index (χ1) is 10.5. The number of benzene rings is 1. The predicted molar refractivity (Wildman–Crippen MR) is 82.3 cm³/mol. The molecule has 6 heteroatoms. The van der Waals surface area contributed by atoms with Crippen LogP contribution >= 0.6 is 0 Å². The molecule has 2 aromatic rings. The van der Waals surface area contributed by atoms with Crippen molar-refractivity contribution in [2.75, 3.05) is 6.54 Å². The number of aryl methyl sites for hydroxylation is 1. The summed E-state index contributed by atoms with van der Waals surface area (Å²) in [6, 6.07) is 8.08. The van der Waals surface area contributed by atoms with Gasteiger partial charge >= 0.3 is 5.97 Å². The highest BCUT2D eigenvalue weighted by molar-refractivity contribution is 5.69. The number of hydrogen-bond donors (Lipinski definition) is 1. The van der Waals surface area contributed by atoms with Gasteiger partial charge in [0, 0.05) is 11.6 Å². The molecule has 22 heavy (non-hydrogen) atoms. The van der Waals surface area contributed by atoms with Crippen molar-refractivity contribution in [3.8, 4) is 11.4 Å². The number of rotatable bonds is 7. The molecule has 0 spiro atoms. The second-order valence-corrected chi connectivity index (χ2v) is 5.45. The van der Waals surface area contributed by atoms with E-state index in [0.717, 1.165) is 12.0 Å². The second-order valence-electron chi connectivity index (χ2n) is 5.45. The molecule has 0 atom stereocenters. The second kappa shape index (κ2) is 7.17. The Balaban J connectivity index is 2.11. The number of carboxylic acids is 1. The molecule has 1 aromatic heterocycles. The third kappa shape index (κ3) is 4.14. The first-order valence-corrected chi connectivity index (χ1v) is 7.37. The van der Waals surface area contributed by atoms with Crippen LogP contribution in [0.2, 0.25) is 0 Å². The molecule has 1 heterocycles. The van der Waals surface area contributed by atoms with E-state index in [2.05, 4.69) is 17.1 Å². The lowest BCUT2D eigenvalue weighted by molar-refractivity contribution is -0.139. The van der Waals surface area contributed by atoms with Crippen molar-refractivity contribution in [1.29, 1.82) is 0 Å². The van der Waals surface area contributed by atoms with Gasteiger partial charge in [0.2, 0.25) is 11.7 Å². The third-order valence-electron chi connectivity index (χ3n) is 3.50. The van der Waals surface area contributed by atoms with Crippen LogP contribution in [0.15, 0.2) is 28.8 Å². The SMILES string of the molecule is CCc1ccc(-c2noc(CN(CC(=O)O)C(C)C)n2)cc1. The van der Waals surface area contributed by atoms with E-state index in [0.29, 0.717) is 18.3 Å². The Bertz CT molecular complexity index is 620. The molecular formula is C16H21N3O3. The minimum absolute atomic E-state index is 0.0550. The van der Waals surface area contributed by atoms with E-state index >= 15 is 0 Å². The van der Waals surface area contributed by atoms with E-state index in [4.69, 9.17) is 9.63 Å². The minimum Gasteiger partial charge on any atom is -0.480 e. The highest BCUT2D eigenvalue weighted by Gasteiger charge is 2.17. The molecule has 2 rings (SSSR count). The molecule has 0 aliphatic rings. The topological polar surface area (TPSA) is 79.5 Å². The van der Waals surface area contributed by atoms with E-state index in [-0.39, 0.29) is 12.6 Å². The van der Waals surface area contributed by atoms with E-state index in [1.807, 2.05) is 38.1 Å². The molecule has 1 aromatic carbocycles. The largest absolute Gasteiger partial charge is 0.480 e. The van der Waals surface area contributed by atoms with E-state index < -0.39 is 5.97 Å². The fraction of sp³-hybridized carbons (Fsp3) is 0.438. The zero-order valence-electron chi connectivity index (χ0n) is 13.1. The van der Waals surface area contributed by atoms with Crippen LogP contribution in [0.5, 0.6) is 0 Å². The molecule has 118 valence electrons. The summed E-state index contributed by atoms with van der Waals surface area (Å²) in [6.07, 6.45) is 0.982. The number of hydrogen-bond acceptors (Lipinski definition) is 5. The molecule has 0 saturated heterocycles. The Kier molecular flexibility index (Phi) is 5.27. The first kappa shape index (κ1) is 16.2. The summed E-state index contributed by atoms with van der Waals surface area (Å²) in [5.41, 5.74) is 2.14. The maximum Gasteiger partial charge on any atom is 0.317 e. The summed E-state index contributed by atoms with van der Waals surface area (Å²) in [6.45, 7) is 6.24. The molecule has 0 saturated carbocycles. The maximum atomic E-state index is 10.9. The lowest BCUT2D eigenvalue weighted by Gasteiger charge is -2.22. The zero-order valence-corrected chi connectivity index (χ0v) is 13.1. The molecule has 6 nitrogen and oxygen atoms in total. The zero-order chi connectivity index (χ0) is 16.1. The average Bonchev–Trinajstić information content (AvgIpc) is 2.94. The van der Waals surface area contributed by atoms with Crippen molar-refractivity contribution in [3.05, 3.63) is 35.7 Å². The number of nitrogens with zero attached hydrogens (tertiary/aromatic N) is 3. The van der Waals surface area contributed by atoms with Crippen molar-refractivity contribution in [2.24, 2.45) is 0 Å². The number of aromatic nitrogens is 2. The van der Waals surface area contributed by atoms with Crippen molar-refractivity contribution in [1.82, 2.24) is 15.0 Å². The summed E-state index contributed by atoms with van der Waals surface area (Å²) >= 11 is 0. The van der Waals surface area contributed by atoms with Gasteiger partial charge in [0.25, 0.3) is 0 Å². The van der Waals surface area contributed by atoms with Crippen LogP contribution in [0.4, 0.5) is 0 Å². The van der Waals surface area contributed by atoms with Gasteiger partial charge in [-0.05, 0) is 25.8 Å². The summed E-state index contributed by atoms with van der Waals surface area (Å²) < 4.78 is 5.24. The van der Waals surface area contributed by atoms with Crippen LogP contribution < -0.4 is 0 Å². The quantitative estimate of drug-likeness (QED) is 0.847. The van der Waals surface area contributed by atoms with Crippen molar-refractivity contribution < 1.29 is 14.4 Å². The van der Waals surface area contributed by atoms with Gasteiger partial charge in [-0.2, -0.15) is 4.98 Å². The molecule has 0 aliphatic carbocycles. The molecule has 0 radical (unpaired) electrons. The summed E-state index contributed by atoms with van der Waals surface area (Å²) in [5, 5.41) is 12.9. The Morgan fingerprint density at radius 3 is 2.55 bits per heavy atom. The van der Waals surface area contributed by atoms with Gasteiger partial charge in [-0.1, -0.05) is 36.3 Å². The van der Waals surface area contributed by atoms with Gasteiger partial charge < -0.3 is 9.63 Å². The van der Waals surface area contributed by atoms with Crippen LogP contribution in [0, 0.1) is 0 Å². The number of carboxylic acid groups (broad SMARTS) is 1. The Hall–Kier alpha value is -2.21. The standard InChI is InChI=1S/C16H21N3O3/c1-4-12-5-7-13(8-6-12)16-17-14(22-18-16)9-19(11(2)3)10-15(20)21/h5-8,11H,4,9-10H2,1-3H3,(H,20,21). The first-order valence-electron chi connectivity index (χ1n) is 7.37. The molecule has 0 unspecified atom stereocenters. The highest BCUT2D eigenvalue weighted by atomic mass is 16.5. The number of carbonyl (C=O) groups is 1. The van der Waals surface area contributed by atoms with Crippen molar-refractivity contribution >= 4 is 5.97 Å². The average molecular weight is 303 g/mol. The van der Waals surface area contributed by atoms with Gasteiger partial charge in [0.1, 0.15) is 0 Å². The molecule has 0 aliphatic heterocycles. The van der Waals surface area contributed by atoms with Gasteiger partial charge in [0.05, 0.1) is 13.1 Å². The maximum absolute atomic E-state index is 10.9. The van der Waals surface area contributed by atoms with Gasteiger partial charge in [-0.3, -0.25) is 9.69 Å². The smallest absolute Gasteiger partial charge is 0.317 e. The normalized spacial score (nSPS) is 11.3. The molecule has 1 N–H and O–H groups in total. The lowest BCUT2D eigenvalue weighted by Crippen LogP contribution is -2.35. The van der Waals surface area contributed by atoms with E-state index in [1.165, 1.54) is 5.56 Å². The van der Waals surface area contributed by atoms with Crippen LogP contribution in [0.25, 0.3) is 11.4 Å². The number of aliphatic carboxylic acids is 1. The van der Waals surface area contributed by atoms with Gasteiger partial charge in [-0.15, -0.1) is 0 Å². The Morgan fingerprint density at radius 2 is 2.00 bits per heavy atom. The summed E-state index contributed by atoms with van der Waals surface area (Å²) in [5.74, 6) is 0.0739.